The molecule has 0 aliphatic heterocycles. The number of benzene rings is 1. The van der Waals surface area contributed by atoms with Gasteiger partial charge in [0, 0.05) is 36.8 Å². The van der Waals surface area contributed by atoms with Gasteiger partial charge < -0.3 is 10.6 Å². The van der Waals surface area contributed by atoms with Gasteiger partial charge >= 0.3 is 0 Å². The number of aromatic nitrogens is 2. The lowest BCUT2D eigenvalue weighted by Gasteiger charge is -2.07. The summed E-state index contributed by atoms with van der Waals surface area (Å²) in [5.41, 5.74) is 1.80. The second-order valence-electron chi connectivity index (χ2n) is 5.62. The summed E-state index contributed by atoms with van der Waals surface area (Å²) in [5, 5.41) is 9.72. The van der Waals surface area contributed by atoms with Gasteiger partial charge in [0.25, 0.3) is 0 Å². The largest absolute Gasteiger partial charge is 0.354 e. The van der Waals surface area contributed by atoms with Crippen molar-refractivity contribution in [1.29, 1.82) is 0 Å². The normalized spacial score (nSPS) is 11.0. The van der Waals surface area contributed by atoms with Crippen molar-refractivity contribution in [3.8, 4) is 5.69 Å². The SMILES string of the molecule is CC(C)C(=O)NCCNC(=O)C=Cc1cnn(-c2ccccc2)c1. The monoisotopic (exact) mass is 326 g/mol. The van der Waals surface area contributed by atoms with Gasteiger partial charge in [0.05, 0.1) is 11.9 Å². The molecule has 1 heterocycles. The topological polar surface area (TPSA) is 76.0 Å². The smallest absolute Gasteiger partial charge is 0.244 e. The highest BCUT2D eigenvalue weighted by Crippen LogP contribution is 2.08. The van der Waals surface area contributed by atoms with E-state index in [4.69, 9.17) is 0 Å². The minimum atomic E-state index is -0.207. The highest BCUT2D eigenvalue weighted by Gasteiger charge is 2.05. The van der Waals surface area contributed by atoms with Crippen LogP contribution in [0.4, 0.5) is 0 Å². The van der Waals surface area contributed by atoms with Gasteiger partial charge in [0.2, 0.25) is 11.8 Å². The molecule has 0 aliphatic carbocycles. The van der Waals surface area contributed by atoms with Crippen molar-refractivity contribution in [3.05, 3.63) is 54.4 Å². The summed E-state index contributed by atoms with van der Waals surface area (Å²) in [4.78, 5) is 23.1. The number of rotatable bonds is 7. The summed E-state index contributed by atoms with van der Waals surface area (Å²) in [6.45, 7) is 4.46. The summed E-state index contributed by atoms with van der Waals surface area (Å²) >= 11 is 0. The molecule has 6 heteroatoms. The lowest BCUT2D eigenvalue weighted by Crippen LogP contribution is -2.35. The maximum atomic E-state index is 11.7. The number of hydrogen-bond donors (Lipinski definition) is 2. The van der Waals surface area contributed by atoms with Crippen LogP contribution >= 0.6 is 0 Å². The van der Waals surface area contributed by atoms with E-state index in [0.29, 0.717) is 13.1 Å². The Balaban J connectivity index is 1.78. The van der Waals surface area contributed by atoms with E-state index in [1.807, 2.05) is 50.4 Å². The van der Waals surface area contributed by atoms with Crippen LogP contribution in [0.2, 0.25) is 0 Å². The number of amides is 2. The molecule has 0 unspecified atom stereocenters. The Morgan fingerprint density at radius 1 is 1.17 bits per heavy atom. The molecular formula is C18H22N4O2. The minimum absolute atomic E-state index is 0.0203. The first-order valence-electron chi connectivity index (χ1n) is 7.90. The van der Waals surface area contributed by atoms with Crippen molar-refractivity contribution in [3.63, 3.8) is 0 Å². The number of para-hydroxylation sites is 1. The zero-order valence-corrected chi connectivity index (χ0v) is 13.9. The van der Waals surface area contributed by atoms with Crippen molar-refractivity contribution in [2.75, 3.05) is 13.1 Å². The summed E-state index contributed by atoms with van der Waals surface area (Å²) in [6.07, 6.45) is 6.70. The van der Waals surface area contributed by atoms with Crippen LogP contribution in [-0.4, -0.2) is 34.7 Å². The van der Waals surface area contributed by atoms with Crippen LogP contribution in [0.5, 0.6) is 0 Å². The van der Waals surface area contributed by atoms with Crippen LogP contribution in [0, 0.1) is 5.92 Å². The van der Waals surface area contributed by atoms with Crippen molar-refractivity contribution in [2.45, 2.75) is 13.8 Å². The Kier molecular flexibility index (Phi) is 6.31. The highest BCUT2D eigenvalue weighted by molar-refractivity contribution is 5.91. The van der Waals surface area contributed by atoms with Crippen molar-refractivity contribution in [2.24, 2.45) is 5.92 Å². The molecule has 2 N–H and O–H groups in total. The Labute approximate surface area is 141 Å². The van der Waals surface area contributed by atoms with Crippen molar-refractivity contribution in [1.82, 2.24) is 20.4 Å². The average molecular weight is 326 g/mol. The lowest BCUT2D eigenvalue weighted by atomic mass is 10.2. The molecule has 6 nitrogen and oxygen atoms in total. The van der Waals surface area contributed by atoms with Crippen LogP contribution in [0.1, 0.15) is 19.4 Å². The number of nitrogens with zero attached hydrogens (tertiary/aromatic N) is 2. The predicted octanol–water partition coefficient (Wildman–Crippen LogP) is 1.77. The van der Waals surface area contributed by atoms with Gasteiger partial charge in [-0.3, -0.25) is 9.59 Å². The molecule has 0 bridgehead atoms. The predicted molar refractivity (Wildman–Crippen MR) is 93.5 cm³/mol. The third kappa shape index (κ3) is 5.39. The standard InChI is InChI=1S/C18H22N4O2/c1-14(2)18(24)20-11-10-19-17(23)9-8-15-12-21-22(13-15)16-6-4-3-5-7-16/h3-9,12-14H,10-11H2,1-2H3,(H,19,23)(H,20,24). The van der Waals surface area contributed by atoms with Gasteiger partial charge in [-0.05, 0) is 18.2 Å². The van der Waals surface area contributed by atoms with Gasteiger partial charge in [0.1, 0.15) is 0 Å². The number of carbonyl (C=O) groups is 2. The van der Waals surface area contributed by atoms with E-state index in [9.17, 15) is 9.59 Å². The first kappa shape index (κ1) is 17.5. The second-order valence-corrected chi connectivity index (χ2v) is 5.62. The third-order valence-corrected chi connectivity index (χ3v) is 3.30. The van der Waals surface area contributed by atoms with E-state index >= 15 is 0 Å². The summed E-state index contributed by atoms with van der Waals surface area (Å²) < 4.78 is 1.75. The van der Waals surface area contributed by atoms with E-state index in [1.165, 1.54) is 6.08 Å². The van der Waals surface area contributed by atoms with Crippen LogP contribution < -0.4 is 10.6 Å². The minimum Gasteiger partial charge on any atom is -0.354 e. The van der Waals surface area contributed by atoms with Crippen LogP contribution in [0.3, 0.4) is 0 Å². The first-order chi connectivity index (χ1) is 11.6. The van der Waals surface area contributed by atoms with Gasteiger partial charge in [-0.25, -0.2) is 4.68 Å². The second kappa shape index (κ2) is 8.67. The fraction of sp³-hybridized carbons (Fsp3) is 0.278. The van der Waals surface area contributed by atoms with E-state index in [1.54, 1.807) is 17.0 Å². The summed E-state index contributed by atoms with van der Waals surface area (Å²) in [6, 6.07) is 9.75. The van der Waals surface area contributed by atoms with Crippen molar-refractivity contribution < 1.29 is 9.59 Å². The molecule has 0 atom stereocenters. The Bertz CT molecular complexity index is 705. The first-order valence-corrected chi connectivity index (χ1v) is 7.90. The van der Waals surface area contributed by atoms with Crippen LogP contribution in [-0.2, 0) is 9.59 Å². The van der Waals surface area contributed by atoms with Gasteiger partial charge in [0.15, 0.2) is 0 Å². The van der Waals surface area contributed by atoms with Crippen LogP contribution in [0.25, 0.3) is 11.8 Å². The molecule has 0 fully saturated rings. The summed E-state index contributed by atoms with van der Waals surface area (Å²) in [7, 11) is 0. The molecule has 2 aromatic rings. The van der Waals surface area contributed by atoms with Gasteiger partial charge in [-0.15, -0.1) is 0 Å². The highest BCUT2D eigenvalue weighted by atomic mass is 16.2. The number of nitrogens with one attached hydrogen (secondary N) is 2. The third-order valence-electron chi connectivity index (χ3n) is 3.30. The molecule has 2 rings (SSSR count). The van der Waals surface area contributed by atoms with Crippen molar-refractivity contribution >= 4 is 17.9 Å². The fourth-order valence-electron chi connectivity index (χ4n) is 1.95. The van der Waals surface area contributed by atoms with E-state index in [2.05, 4.69) is 15.7 Å². The Morgan fingerprint density at radius 2 is 1.88 bits per heavy atom. The molecule has 126 valence electrons. The number of carbonyl (C=O) groups excluding carboxylic acids is 2. The molecule has 24 heavy (non-hydrogen) atoms. The molecule has 1 aromatic carbocycles. The molecular weight excluding hydrogens is 304 g/mol. The molecule has 1 aromatic heterocycles. The Hall–Kier alpha value is -2.89. The van der Waals surface area contributed by atoms with Crippen LogP contribution in [0.15, 0.2) is 48.8 Å². The zero-order chi connectivity index (χ0) is 17.4. The zero-order valence-electron chi connectivity index (χ0n) is 13.9. The Morgan fingerprint density at radius 3 is 2.58 bits per heavy atom. The molecule has 0 radical (unpaired) electrons. The fourth-order valence-corrected chi connectivity index (χ4v) is 1.95. The quantitative estimate of drug-likeness (QED) is 0.601. The van der Waals surface area contributed by atoms with E-state index in [0.717, 1.165) is 11.3 Å². The van der Waals surface area contributed by atoms with E-state index < -0.39 is 0 Å². The molecule has 0 saturated carbocycles. The maximum absolute atomic E-state index is 11.7. The molecule has 2 amide bonds. The van der Waals surface area contributed by atoms with Gasteiger partial charge in [-0.2, -0.15) is 5.10 Å². The van der Waals surface area contributed by atoms with E-state index in [-0.39, 0.29) is 17.7 Å². The lowest BCUT2D eigenvalue weighted by molar-refractivity contribution is -0.124. The van der Waals surface area contributed by atoms with Gasteiger partial charge in [-0.1, -0.05) is 32.0 Å². The maximum Gasteiger partial charge on any atom is 0.244 e. The summed E-state index contributed by atoms with van der Waals surface area (Å²) in [5.74, 6) is -0.281. The average Bonchev–Trinajstić information content (AvgIpc) is 3.06. The molecule has 0 saturated heterocycles. The number of hydrogen-bond acceptors (Lipinski definition) is 3. The molecule has 0 spiro atoms. The molecule has 0 aliphatic rings.